The SMILES string of the molecule is CCN(Cc1ccccc1)C(=O)Nc1cc(-c2ccc(C#N)cc2)sc1C(=O)O. The Kier molecular flexibility index (Phi) is 6.27. The minimum Gasteiger partial charge on any atom is -0.477 e. The summed E-state index contributed by atoms with van der Waals surface area (Å²) in [5.41, 5.74) is 2.57. The summed E-state index contributed by atoms with van der Waals surface area (Å²) < 4.78 is 0. The van der Waals surface area contributed by atoms with Gasteiger partial charge in [-0.1, -0.05) is 42.5 Å². The molecule has 6 nitrogen and oxygen atoms in total. The van der Waals surface area contributed by atoms with Crippen LogP contribution >= 0.6 is 11.3 Å². The lowest BCUT2D eigenvalue weighted by atomic mass is 10.1. The minimum atomic E-state index is -1.10. The van der Waals surface area contributed by atoms with Crippen LogP contribution in [0.25, 0.3) is 10.4 Å². The smallest absolute Gasteiger partial charge is 0.348 e. The monoisotopic (exact) mass is 405 g/mol. The number of nitriles is 1. The molecular weight excluding hydrogens is 386 g/mol. The molecule has 3 aromatic rings. The van der Waals surface area contributed by atoms with Crippen LogP contribution in [0.2, 0.25) is 0 Å². The van der Waals surface area contributed by atoms with Gasteiger partial charge < -0.3 is 15.3 Å². The van der Waals surface area contributed by atoms with E-state index in [4.69, 9.17) is 5.26 Å². The Bertz CT molecular complexity index is 1050. The van der Waals surface area contributed by atoms with E-state index in [1.807, 2.05) is 37.3 Å². The lowest BCUT2D eigenvalue weighted by Gasteiger charge is -2.21. The van der Waals surface area contributed by atoms with Crippen molar-refractivity contribution in [2.45, 2.75) is 13.5 Å². The predicted octanol–water partition coefficient (Wildman–Crippen LogP) is 5.04. The number of carbonyl (C=O) groups is 2. The van der Waals surface area contributed by atoms with Crippen molar-refractivity contribution in [3.05, 3.63) is 76.7 Å². The molecule has 3 rings (SSSR count). The van der Waals surface area contributed by atoms with Crippen molar-refractivity contribution < 1.29 is 14.7 Å². The molecule has 0 radical (unpaired) electrons. The number of urea groups is 1. The summed E-state index contributed by atoms with van der Waals surface area (Å²) in [7, 11) is 0. The van der Waals surface area contributed by atoms with Gasteiger partial charge >= 0.3 is 12.0 Å². The van der Waals surface area contributed by atoms with Crippen LogP contribution in [-0.2, 0) is 6.54 Å². The maximum Gasteiger partial charge on any atom is 0.348 e. The number of anilines is 1. The molecule has 2 N–H and O–H groups in total. The van der Waals surface area contributed by atoms with Crippen LogP contribution in [0, 0.1) is 11.3 Å². The molecule has 0 bridgehead atoms. The van der Waals surface area contributed by atoms with E-state index in [0.717, 1.165) is 22.5 Å². The Morgan fingerprint density at radius 1 is 1.14 bits per heavy atom. The summed E-state index contributed by atoms with van der Waals surface area (Å²) in [4.78, 5) is 26.8. The van der Waals surface area contributed by atoms with Gasteiger partial charge in [0.1, 0.15) is 4.88 Å². The van der Waals surface area contributed by atoms with Gasteiger partial charge in [-0.05, 0) is 36.2 Å². The van der Waals surface area contributed by atoms with Crippen LogP contribution in [0.15, 0.2) is 60.7 Å². The zero-order valence-corrected chi connectivity index (χ0v) is 16.6. The molecule has 0 atom stereocenters. The largest absolute Gasteiger partial charge is 0.477 e. The Hall–Kier alpha value is -3.63. The quantitative estimate of drug-likeness (QED) is 0.601. The zero-order valence-electron chi connectivity index (χ0n) is 15.8. The fourth-order valence-electron chi connectivity index (χ4n) is 2.82. The highest BCUT2D eigenvalue weighted by molar-refractivity contribution is 7.18. The van der Waals surface area contributed by atoms with Crippen molar-refractivity contribution >= 4 is 29.0 Å². The predicted molar refractivity (Wildman–Crippen MR) is 113 cm³/mol. The normalized spacial score (nSPS) is 10.2. The second-order valence-corrected chi connectivity index (χ2v) is 7.33. The fourth-order valence-corrected chi connectivity index (χ4v) is 3.78. The van der Waals surface area contributed by atoms with E-state index in [-0.39, 0.29) is 16.6 Å². The second-order valence-electron chi connectivity index (χ2n) is 6.28. The number of carboxylic acids is 1. The van der Waals surface area contributed by atoms with E-state index in [1.165, 1.54) is 0 Å². The molecule has 2 aromatic carbocycles. The summed E-state index contributed by atoms with van der Waals surface area (Å²) in [5.74, 6) is -1.10. The van der Waals surface area contributed by atoms with Gasteiger partial charge in [0, 0.05) is 18.0 Å². The number of hydrogen-bond donors (Lipinski definition) is 2. The third-order valence-corrected chi connectivity index (χ3v) is 5.52. The molecule has 0 spiro atoms. The molecule has 7 heteroatoms. The summed E-state index contributed by atoms with van der Waals surface area (Å²) in [6, 6.07) is 19.8. The maximum absolute atomic E-state index is 12.7. The standard InChI is InChI=1S/C22H19N3O3S/c1-2-25(14-16-6-4-3-5-7-16)22(28)24-18-12-19(29-20(18)21(26)27)17-10-8-15(13-23)9-11-17/h3-12H,2,14H2,1H3,(H,24,28)(H,26,27). The number of carbonyl (C=O) groups excluding carboxylic acids is 1. The molecule has 0 aliphatic carbocycles. The zero-order chi connectivity index (χ0) is 20.8. The highest BCUT2D eigenvalue weighted by atomic mass is 32.1. The second kappa shape index (κ2) is 9.04. The van der Waals surface area contributed by atoms with Gasteiger partial charge in [0.25, 0.3) is 0 Å². The molecular formula is C22H19N3O3S. The summed E-state index contributed by atoms with van der Waals surface area (Å²) in [5, 5.41) is 21.2. The average Bonchev–Trinajstić information content (AvgIpc) is 3.16. The van der Waals surface area contributed by atoms with Crippen molar-refractivity contribution in [1.82, 2.24) is 4.90 Å². The summed E-state index contributed by atoms with van der Waals surface area (Å²) >= 11 is 1.08. The Labute approximate surface area is 172 Å². The van der Waals surface area contributed by atoms with Crippen LogP contribution in [0.1, 0.15) is 27.7 Å². The molecule has 1 heterocycles. The number of aromatic carboxylic acids is 1. The average molecular weight is 405 g/mol. The van der Waals surface area contributed by atoms with Crippen molar-refractivity contribution in [2.75, 3.05) is 11.9 Å². The number of thiophene rings is 1. The van der Waals surface area contributed by atoms with Crippen LogP contribution < -0.4 is 5.32 Å². The lowest BCUT2D eigenvalue weighted by molar-refractivity contribution is 0.0703. The van der Waals surface area contributed by atoms with E-state index >= 15 is 0 Å². The van der Waals surface area contributed by atoms with Crippen molar-refractivity contribution in [1.29, 1.82) is 5.26 Å². The summed E-state index contributed by atoms with van der Waals surface area (Å²) in [6.45, 7) is 2.78. The van der Waals surface area contributed by atoms with Gasteiger partial charge in [-0.25, -0.2) is 9.59 Å². The van der Waals surface area contributed by atoms with E-state index in [2.05, 4.69) is 11.4 Å². The van der Waals surface area contributed by atoms with E-state index in [1.54, 1.807) is 35.2 Å². The van der Waals surface area contributed by atoms with E-state index in [0.29, 0.717) is 23.5 Å². The topological polar surface area (TPSA) is 93.4 Å². The number of benzene rings is 2. The Balaban J connectivity index is 1.83. The first-order chi connectivity index (χ1) is 14.0. The molecule has 0 saturated heterocycles. The maximum atomic E-state index is 12.7. The van der Waals surface area contributed by atoms with Crippen molar-refractivity contribution in [3.8, 4) is 16.5 Å². The highest BCUT2D eigenvalue weighted by Crippen LogP contribution is 2.35. The van der Waals surface area contributed by atoms with Gasteiger partial charge in [0.05, 0.1) is 17.3 Å². The van der Waals surface area contributed by atoms with Gasteiger partial charge in [-0.2, -0.15) is 5.26 Å². The van der Waals surface area contributed by atoms with Crippen molar-refractivity contribution in [3.63, 3.8) is 0 Å². The Morgan fingerprint density at radius 2 is 1.83 bits per heavy atom. The molecule has 0 fully saturated rings. The van der Waals surface area contributed by atoms with Crippen LogP contribution in [0.3, 0.4) is 0 Å². The molecule has 0 aliphatic rings. The van der Waals surface area contributed by atoms with Crippen LogP contribution in [0.4, 0.5) is 10.5 Å². The third-order valence-electron chi connectivity index (χ3n) is 4.35. The van der Waals surface area contributed by atoms with Crippen LogP contribution in [0.5, 0.6) is 0 Å². The lowest BCUT2D eigenvalue weighted by Crippen LogP contribution is -2.34. The van der Waals surface area contributed by atoms with Crippen molar-refractivity contribution in [2.24, 2.45) is 0 Å². The number of hydrogen-bond acceptors (Lipinski definition) is 4. The van der Waals surface area contributed by atoms with Gasteiger partial charge in [-0.3, -0.25) is 0 Å². The van der Waals surface area contributed by atoms with Gasteiger partial charge in [0.15, 0.2) is 0 Å². The van der Waals surface area contributed by atoms with E-state index < -0.39 is 5.97 Å². The molecule has 0 saturated carbocycles. The number of carboxylic acid groups (broad SMARTS) is 1. The molecule has 1 aromatic heterocycles. The first kappa shape index (κ1) is 20.1. The number of nitrogens with zero attached hydrogens (tertiary/aromatic N) is 2. The van der Waals surface area contributed by atoms with Gasteiger partial charge in [0.2, 0.25) is 0 Å². The first-order valence-corrected chi connectivity index (χ1v) is 9.81. The van der Waals surface area contributed by atoms with E-state index in [9.17, 15) is 14.7 Å². The molecule has 0 unspecified atom stereocenters. The molecule has 29 heavy (non-hydrogen) atoms. The fraction of sp³-hybridized carbons (Fsp3) is 0.136. The Morgan fingerprint density at radius 3 is 2.41 bits per heavy atom. The number of amides is 2. The molecule has 2 amide bonds. The van der Waals surface area contributed by atoms with Crippen LogP contribution in [-0.4, -0.2) is 28.6 Å². The number of rotatable bonds is 6. The highest BCUT2D eigenvalue weighted by Gasteiger charge is 2.20. The first-order valence-electron chi connectivity index (χ1n) is 8.99. The number of nitrogens with one attached hydrogen (secondary N) is 1. The summed E-state index contributed by atoms with van der Waals surface area (Å²) in [6.07, 6.45) is 0. The van der Waals surface area contributed by atoms with Gasteiger partial charge in [-0.15, -0.1) is 11.3 Å². The third kappa shape index (κ3) is 4.81. The molecule has 0 aliphatic heterocycles. The molecule has 146 valence electrons. The minimum absolute atomic E-state index is 0.0634.